The molecule has 1 aromatic rings. The molecule has 0 N–H and O–H groups in total. The van der Waals surface area contributed by atoms with Gasteiger partial charge < -0.3 is 0 Å². The zero-order valence-corrected chi connectivity index (χ0v) is 8.49. The van der Waals surface area contributed by atoms with Gasteiger partial charge in [0.25, 0.3) is 0 Å². The number of carbonyl (C=O) groups is 1. The summed E-state index contributed by atoms with van der Waals surface area (Å²) in [6, 6.07) is 0. The number of aromatic nitrogens is 1. The van der Waals surface area contributed by atoms with Crippen LogP contribution in [0.1, 0.15) is 33.9 Å². The second kappa shape index (κ2) is 3.59. The fourth-order valence-corrected chi connectivity index (χ4v) is 2.19. The van der Waals surface area contributed by atoms with Crippen LogP contribution in [-0.4, -0.2) is 10.8 Å². The van der Waals surface area contributed by atoms with Gasteiger partial charge in [0.15, 0.2) is 10.8 Å². The van der Waals surface area contributed by atoms with Gasteiger partial charge in [0.05, 0.1) is 4.88 Å². The second-order valence-corrected chi connectivity index (χ2v) is 4.55. The third-order valence-electron chi connectivity index (χ3n) is 2.47. The van der Waals surface area contributed by atoms with Crippen LogP contribution in [0, 0.1) is 5.92 Å². The van der Waals surface area contributed by atoms with Crippen molar-refractivity contribution in [1.29, 1.82) is 0 Å². The van der Waals surface area contributed by atoms with Crippen LogP contribution in [0.2, 0.25) is 0 Å². The van der Waals surface area contributed by atoms with Gasteiger partial charge in [-0.15, -0.1) is 11.3 Å². The van der Waals surface area contributed by atoms with Crippen LogP contribution in [0.4, 0.5) is 13.2 Å². The molecule has 0 amide bonds. The predicted octanol–water partition coefficient (Wildman–Crippen LogP) is 3.14. The molecule has 1 saturated carbocycles. The largest absolute Gasteiger partial charge is 0.443 e. The standard InChI is InChI=1S/C9H8F3NOS/c10-9(11,12)8-13-4-6(15-8)7(14)5-2-1-3-5/h4-5H,1-3H2. The number of rotatable bonds is 2. The molecule has 2 nitrogen and oxygen atoms in total. The lowest BCUT2D eigenvalue weighted by Crippen LogP contribution is -2.21. The molecule has 0 atom stereocenters. The summed E-state index contributed by atoms with van der Waals surface area (Å²) >= 11 is 0.440. The number of nitrogens with zero attached hydrogens (tertiary/aromatic N) is 1. The number of hydrogen-bond acceptors (Lipinski definition) is 3. The SMILES string of the molecule is O=C(c1cnc(C(F)(F)F)s1)C1CCC1. The van der Waals surface area contributed by atoms with Crippen LogP contribution in [0.5, 0.6) is 0 Å². The summed E-state index contributed by atoms with van der Waals surface area (Å²) in [5.74, 6) is -0.263. The molecule has 1 aromatic heterocycles. The normalized spacial score (nSPS) is 17.5. The van der Waals surface area contributed by atoms with E-state index in [1.54, 1.807) is 0 Å². The van der Waals surface area contributed by atoms with Crippen LogP contribution < -0.4 is 0 Å². The highest BCUT2D eigenvalue weighted by Gasteiger charge is 2.36. The van der Waals surface area contributed by atoms with E-state index in [9.17, 15) is 18.0 Å². The molecule has 0 aliphatic heterocycles. The number of halogens is 3. The lowest BCUT2D eigenvalue weighted by atomic mass is 9.82. The lowest BCUT2D eigenvalue weighted by Gasteiger charge is -2.22. The van der Waals surface area contributed by atoms with E-state index < -0.39 is 11.2 Å². The Labute approximate surface area is 88.1 Å². The Morgan fingerprint density at radius 3 is 2.53 bits per heavy atom. The summed E-state index contributed by atoms with van der Waals surface area (Å²) in [5.41, 5.74) is 0. The molecule has 0 spiro atoms. The highest BCUT2D eigenvalue weighted by molar-refractivity contribution is 7.13. The second-order valence-electron chi connectivity index (χ2n) is 3.52. The van der Waals surface area contributed by atoms with E-state index in [1.807, 2.05) is 0 Å². The molecule has 0 unspecified atom stereocenters. The molecule has 0 saturated heterocycles. The highest BCUT2D eigenvalue weighted by Crippen LogP contribution is 2.35. The Balaban J connectivity index is 2.16. The molecule has 82 valence electrons. The first kappa shape index (κ1) is 10.6. The topological polar surface area (TPSA) is 30.0 Å². The van der Waals surface area contributed by atoms with Crippen molar-refractivity contribution in [2.24, 2.45) is 5.92 Å². The van der Waals surface area contributed by atoms with E-state index in [4.69, 9.17) is 0 Å². The van der Waals surface area contributed by atoms with Crippen molar-refractivity contribution in [2.75, 3.05) is 0 Å². The minimum atomic E-state index is -4.44. The molecule has 6 heteroatoms. The number of hydrogen-bond donors (Lipinski definition) is 0. The van der Waals surface area contributed by atoms with Crippen LogP contribution in [0.25, 0.3) is 0 Å². The van der Waals surface area contributed by atoms with Crippen molar-refractivity contribution >= 4 is 17.1 Å². The van der Waals surface area contributed by atoms with Gasteiger partial charge in [0.2, 0.25) is 0 Å². The summed E-state index contributed by atoms with van der Waals surface area (Å²) in [4.78, 5) is 14.9. The van der Waals surface area contributed by atoms with Gasteiger partial charge in [0.1, 0.15) is 0 Å². The zero-order valence-electron chi connectivity index (χ0n) is 7.67. The van der Waals surface area contributed by atoms with E-state index in [-0.39, 0.29) is 16.6 Å². The van der Waals surface area contributed by atoms with Gasteiger partial charge in [0, 0.05) is 12.1 Å². The van der Waals surface area contributed by atoms with Crippen molar-refractivity contribution in [3.63, 3.8) is 0 Å². The molecule has 15 heavy (non-hydrogen) atoms. The monoisotopic (exact) mass is 235 g/mol. The van der Waals surface area contributed by atoms with E-state index >= 15 is 0 Å². The quantitative estimate of drug-likeness (QED) is 0.737. The molecule has 1 aliphatic carbocycles. The van der Waals surface area contributed by atoms with Crippen molar-refractivity contribution in [3.8, 4) is 0 Å². The maximum Gasteiger partial charge on any atom is 0.443 e. The molecule has 1 heterocycles. The first-order chi connectivity index (χ1) is 6.98. The summed E-state index contributed by atoms with van der Waals surface area (Å²) in [7, 11) is 0. The molecule has 2 rings (SSSR count). The van der Waals surface area contributed by atoms with E-state index in [0.29, 0.717) is 11.3 Å². The summed E-state index contributed by atoms with van der Waals surface area (Å²) in [6.45, 7) is 0. The van der Waals surface area contributed by atoms with Crippen LogP contribution in [0.3, 0.4) is 0 Å². The number of ketones is 1. The lowest BCUT2D eigenvalue weighted by molar-refractivity contribution is -0.137. The zero-order chi connectivity index (χ0) is 11.1. The average molecular weight is 235 g/mol. The van der Waals surface area contributed by atoms with Gasteiger partial charge in [-0.2, -0.15) is 13.2 Å². The third kappa shape index (κ3) is 2.04. The van der Waals surface area contributed by atoms with Gasteiger partial charge in [-0.3, -0.25) is 4.79 Å². The number of carbonyl (C=O) groups excluding carboxylic acids is 1. The maximum absolute atomic E-state index is 12.2. The van der Waals surface area contributed by atoms with Crippen molar-refractivity contribution < 1.29 is 18.0 Å². The minimum Gasteiger partial charge on any atom is -0.293 e. The molecule has 0 aromatic carbocycles. The fraction of sp³-hybridized carbons (Fsp3) is 0.556. The first-order valence-electron chi connectivity index (χ1n) is 4.55. The van der Waals surface area contributed by atoms with E-state index in [1.165, 1.54) is 0 Å². The Hall–Kier alpha value is -0.910. The van der Waals surface area contributed by atoms with Gasteiger partial charge >= 0.3 is 6.18 Å². The molecule has 0 bridgehead atoms. The number of Topliss-reactive ketones (excluding diaryl/α,β-unsaturated/α-hetero) is 1. The maximum atomic E-state index is 12.2. The summed E-state index contributed by atoms with van der Waals surface area (Å²) in [5, 5.41) is -0.940. The summed E-state index contributed by atoms with van der Waals surface area (Å²) < 4.78 is 36.6. The Kier molecular flexibility index (Phi) is 2.54. The molecule has 1 fully saturated rings. The van der Waals surface area contributed by atoms with Crippen LogP contribution >= 0.6 is 11.3 Å². The van der Waals surface area contributed by atoms with Crippen molar-refractivity contribution in [3.05, 3.63) is 16.1 Å². The Bertz CT molecular complexity index is 381. The van der Waals surface area contributed by atoms with Crippen molar-refractivity contribution in [2.45, 2.75) is 25.4 Å². The Morgan fingerprint density at radius 1 is 1.47 bits per heavy atom. The fourth-order valence-electron chi connectivity index (χ4n) is 1.39. The third-order valence-corrected chi connectivity index (χ3v) is 3.52. The summed E-state index contributed by atoms with van der Waals surface area (Å²) in [6.07, 6.45) is -0.839. The minimum absolute atomic E-state index is 0.0773. The smallest absolute Gasteiger partial charge is 0.293 e. The first-order valence-corrected chi connectivity index (χ1v) is 5.37. The van der Waals surface area contributed by atoms with Crippen molar-refractivity contribution in [1.82, 2.24) is 4.98 Å². The van der Waals surface area contributed by atoms with Crippen LogP contribution in [0.15, 0.2) is 6.20 Å². The molecular weight excluding hydrogens is 227 g/mol. The molecule has 1 aliphatic rings. The predicted molar refractivity (Wildman–Crippen MR) is 48.8 cm³/mol. The van der Waals surface area contributed by atoms with Gasteiger partial charge in [-0.1, -0.05) is 6.42 Å². The van der Waals surface area contributed by atoms with Gasteiger partial charge in [-0.25, -0.2) is 4.98 Å². The Morgan fingerprint density at radius 2 is 2.13 bits per heavy atom. The molecule has 0 radical (unpaired) electrons. The number of thiazole rings is 1. The van der Waals surface area contributed by atoms with E-state index in [0.717, 1.165) is 25.5 Å². The van der Waals surface area contributed by atoms with Gasteiger partial charge in [-0.05, 0) is 12.8 Å². The average Bonchev–Trinajstić information content (AvgIpc) is 2.46. The van der Waals surface area contributed by atoms with E-state index in [2.05, 4.69) is 4.98 Å². The van der Waals surface area contributed by atoms with Crippen LogP contribution in [-0.2, 0) is 6.18 Å². The molecular formula is C9H8F3NOS. The number of alkyl halides is 3. The highest BCUT2D eigenvalue weighted by atomic mass is 32.1.